The molecule has 0 aliphatic heterocycles. The normalized spacial score (nSPS) is 12.4. The summed E-state index contributed by atoms with van der Waals surface area (Å²) in [6, 6.07) is 0. The highest BCUT2D eigenvalue weighted by Crippen LogP contribution is 2.21. The summed E-state index contributed by atoms with van der Waals surface area (Å²) in [4.78, 5) is 1.99. The Morgan fingerprint density at radius 3 is 1.21 bits per heavy atom. The van der Waals surface area contributed by atoms with Crippen molar-refractivity contribution < 1.29 is 10.2 Å². The van der Waals surface area contributed by atoms with Gasteiger partial charge in [0.05, 0.1) is 13.2 Å². The van der Waals surface area contributed by atoms with Crippen LogP contribution in [0.2, 0.25) is 0 Å². The second kappa shape index (κ2) is 6.38. The zero-order chi connectivity index (χ0) is 12.0. The first-order chi connectivity index (χ1) is 6.28. The third-order valence-corrected chi connectivity index (χ3v) is 2.59. The van der Waals surface area contributed by atoms with Gasteiger partial charge in [0.1, 0.15) is 0 Å². The lowest BCUT2D eigenvalue weighted by Crippen LogP contribution is -2.56. The van der Waals surface area contributed by atoms with Gasteiger partial charge in [-0.15, -0.1) is 0 Å². The number of hydrogen-bond donors (Lipinski definition) is 2. The summed E-state index contributed by atoms with van der Waals surface area (Å²) in [5.74, 6) is 0. The largest absolute Gasteiger partial charge is 0.394 e. The van der Waals surface area contributed by atoms with E-state index in [4.69, 9.17) is 10.2 Å². The van der Waals surface area contributed by atoms with E-state index in [1.807, 2.05) is 53.5 Å². The van der Waals surface area contributed by atoms with Crippen molar-refractivity contribution in [3.8, 4) is 0 Å². The highest BCUT2D eigenvalue weighted by atomic mass is 16.3. The van der Waals surface area contributed by atoms with Crippen LogP contribution in [-0.4, -0.2) is 46.5 Å². The summed E-state index contributed by atoms with van der Waals surface area (Å²) >= 11 is 0. The van der Waals surface area contributed by atoms with Gasteiger partial charge in [0.25, 0.3) is 0 Å². The minimum atomic E-state index is -0.285. The van der Waals surface area contributed by atoms with Crippen LogP contribution in [0.5, 0.6) is 0 Å². The summed E-state index contributed by atoms with van der Waals surface area (Å²) in [5, 5.41) is 18.2. The quantitative estimate of drug-likeness (QED) is 0.731. The topological polar surface area (TPSA) is 43.7 Å². The van der Waals surface area contributed by atoms with Gasteiger partial charge in [0.15, 0.2) is 0 Å². The van der Waals surface area contributed by atoms with Crippen molar-refractivity contribution in [2.24, 2.45) is 0 Å². The van der Waals surface area contributed by atoms with E-state index in [9.17, 15) is 0 Å². The monoisotopic (exact) mass is 205 g/mol. The van der Waals surface area contributed by atoms with Gasteiger partial charge in [-0.2, -0.15) is 0 Å². The molecule has 0 saturated heterocycles. The summed E-state index contributed by atoms with van der Waals surface area (Å²) in [5.41, 5.74) is -0.571. The Labute approximate surface area is 88.7 Å². The molecule has 0 atom stereocenters. The van der Waals surface area contributed by atoms with E-state index in [0.29, 0.717) is 0 Å². The van der Waals surface area contributed by atoms with Gasteiger partial charge in [-0.25, -0.2) is 0 Å². The predicted octanol–water partition coefficient (Wildman–Crippen LogP) is 1.49. The zero-order valence-electron chi connectivity index (χ0n) is 10.8. The minimum absolute atomic E-state index is 0.0902. The molecule has 0 saturated carbocycles. The fourth-order valence-corrected chi connectivity index (χ4v) is 1.03. The predicted molar refractivity (Wildman–Crippen MR) is 61.4 cm³/mol. The van der Waals surface area contributed by atoms with Crippen LogP contribution in [0.15, 0.2) is 0 Å². The van der Waals surface area contributed by atoms with Gasteiger partial charge in [0, 0.05) is 11.1 Å². The van der Waals surface area contributed by atoms with E-state index in [-0.39, 0.29) is 24.3 Å². The molecule has 0 aromatic heterocycles. The molecule has 0 bridgehead atoms. The third-order valence-electron chi connectivity index (χ3n) is 2.59. The van der Waals surface area contributed by atoms with Crippen LogP contribution in [0.3, 0.4) is 0 Å². The van der Waals surface area contributed by atoms with E-state index in [2.05, 4.69) is 0 Å². The standard InChI is InChI=1S/C9H21NO2.C2H6/c1-8(2,6-11)10(5)9(3,4)7-12;1-2/h11-12H,6-7H2,1-5H3;1-2H3. The third kappa shape index (κ3) is 4.40. The van der Waals surface area contributed by atoms with Gasteiger partial charge < -0.3 is 10.2 Å². The van der Waals surface area contributed by atoms with Crippen LogP contribution in [-0.2, 0) is 0 Å². The van der Waals surface area contributed by atoms with Crippen molar-refractivity contribution in [1.29, 1.82) is 0 Å². The average molecular weight is 205 g/mol. The van der Waals surface area contributed by atoms with Crippen LogP contribution in [0.1, 0.15) is 41.5 Å². The molecule has 0 unspecified atom stereocenters. The number of aliphatic hydroxyl groups excluding tert-OH is 2. The molecule has 0 amide bonds. The van der Waals surface area contributed by atoms with Crippen LogP contribution in [0, 0.1) is 0 Å². The molecule has 0 aliphatic rings. The molecular weight excluding hydrogens is 178 g/mol. The van der Waals surface area contributed by atoms with Crippen molar-refractivity contribution in [3.05, 3.63) is 0 Å². The first-order valence-electron chi connectivity index (χ1n) is 5.23. The van der Waals surface area contributed by atoms with E-state index >= 15 is 0 Å². The summed E-state index contributed by atoms with van der Waals surface area (Å²) in [6.45, 7) is 12.0. The van der Waals surface area contributed by atoms with Gasteiger partial charge in [-0.05, 0) is 34.7 Å². The van der Waals surface area contributed by atoms with Gasteiger partial charge >= 0.3 is 0 Å². The lowest BCUT2D eigenvalue weighted by molar-refractivity contribution is -0.0207. The number of nitrogens with zero attached hydrogens (tertiary/aromatic N) is 1. The molecule has 88 valence electrons. The molecule has 3 heteroatoms. The van der Waals surface area contributed by atoms with E-state index in [1.54, 1.807) is 0 Å². The van der Waals surface area contributed by atoms with E-state index in [1.165, 1.54) is 0 Å². The number of hydrogen-bond acceptors (Lipinski definition) is 3. The molecule has 2 N–H and O–H groups in total. The maximum Gasteiger partial charge on any atom is 0.0610 e. The van der Waals surface area contributed by atoms with Crippen LogP contribution in [0.4, 0.5) is 0 Å². The molecule has 0 aromatic rings. The highest BCUT2D eigenvalue weighted by molar-refractivity contribution is 4.89. The Kier molecular flexibility index (Phi) is 7.43. The number of aliphatic hydroxyl groups is 2. The minimum Gasteiger partial charge on any atom is -0.394 e. The molecule has 0 fully saturated rings. The first kappa shape index (κ1) is 16.3. The van der Waals surface area contributed by atoms with Crippen molar-refractivity contribution in [1.82, 2.24) is 4.90 Å². The molecule has 14 heavy (non-hydrogen) atoms. The van der Waals surface area contributed by atoms with Gasteiger partial charge in [0.2, 0.25) is 0 Å². The lowest BCUT2D eigenvalue weighted by atomic mass is 9.95. The highest BCUT2D eigenvalue weighted by Gasteiger charge is 2.33. The maximum absolute atomic E-state index is 9.10. The molecule has 3 nitrogen and oxygen atoms in total. The lowest BCUT2D eigenvalue weighted by Gasteiger charge is -2.44. The molecule has 0 radical (unpaired) electrons. The van der Waals surface area contributed by atoms with Crippen molar-refractivity contribution in [2.75, 3.05) is 20.3 Å². The Hall–Kier alpha value is -0.120. The Bertz CT molecular complexity index is 128. The van der Waals surface area contributed by atoms with Crippen molar-refractivity contribution in [2.45, 2.75) is 52.6 Å². The molecule has 0 rings (SSSR count). The molecule has 0 spiro atoms. The zero-order valence-corrected chi connectivity index (χ0v) is 10.8. The fraction of sp³-hybridized carbons (Fsp3) is 1.00. The Morgan fingerprint density at radius 1 is 0.857 bits per heavy atom. The number of rotatable bonds is 4. The van der Waals surface area contributed by atoms with Crippen LogP contribution < -0.4 is 0 Å². The van der Waals surface area contributed by atoms with Crippen LogP contribution in [0.25, 0.3) is 0 Å². The van der Waals surface area contributed by atoms with Gasteiger partial charge in [-0.1, -0.05) is 13.8 Å². The summed E-state index contributed by atoms with van der Waals surface area (Å²) < 4.78 is 0. The summed E-state index contributed by atoms with van der Waals surface area (Å²) in [6.07, 6.45) is 0. The van der Waals surface area contributed by atoms with Crippen LogP contribution >= 0.6 is 0 Å². The molecule has 0 heterocycles. The molecule has 0 aliphatic carbocycles. The fourth-order valence-electron chi connectivity index (χ4n) is 1.03. The first-order valence-corrected chi connectivity index (χ1v) is 5.23. The van der Waals surface area contributed by atoms with E-state index < -0.39 is 0 Å². The Morgan fingerprint density at radius 2 is 1.07 bits per heavy atom. The smallest absolute Gasteiger partial charge is 0.0610 e. The molecular formula is C11H27NO2. The van der Waals surface area contributed by atoms with Crippen molar-refractivity contribution >= 4 is 0 Å². The average Bonchev–Trinajstić information content (AvgIpc) is 2.19. The Balaban J connectivity index is 0. The number of likely N-dealkylation sites (N-methyl/N-ethyl adjacent to an activating group) is 1. The SMILES string of the molecule is CC.CN(C(C)(C)CO)C(C)(C)CO. The van der Waals surface area contributed by atoms with Crippen molar-refractivity contribution in [3.63, 3.8) is 0 Å². The molecule has 0 aromatic carbocycles. The second-order valence-corrected chi connectivity index (χ2v) is 4.50. The maximum atomic E-state index is 9.10. The van der Waals surface area contributed by atoms with E-state index in [0.717, 1.165) is 0 Å². The second-order valence-electron chi connectivity index (χ2n) is 4.50. The van der Waals surface area contributed by atoms with Gasteiger partial charge in [-0.3, -0.25) is 4.90 Å². The summed E-state index contributed by atoms with van der Waals surface area (Å²) in [7, 11) is 1.91.